The largest absolute Gasteiger partial charge is 0.465 e. The van der Waals surface area contributed by atoms with Crippen molar-refractivity contribution in [1.29, 1.82) is 0 Å². The van der Waals surface area contributed by atoms with Crippen molar-refractivity contribution in [2.45, 2.75) is 13.5 Å². The summed E-state index contributed by atoms with van der Waals surface area (Å²) in [7, 11) is 1.34. The average molecular weight is 365 g/mol. The van der Waals surface area contributed by atoms with Crippen LogP contribution < -0.4 is 10.6 Å². The van der Waals surface area contributed by atoms with E-state index < -0.39 is 5.97 Å². The van der Waals surface area contributed by atoms with E-state index >= 15 is 0 Å². The SMILES string of the molecule is COC(=O)c1ccc(NCc2ccc(NC(=O)c3ccco3)cc2)nc1C. The standard InChI is InChI=1S/C20H19N3O4/c1-13-16(20(25)26-2)9-10-18(22-13)21-12-14-5-7-15(8-6-14)23-19(24)17-4-3-11-27-17/h3-11H,12H2,1-2H3,(H,21,22)(H,23,24). The van der Waals surface area contributed by atoms with Gasteiger partial charge in [-0.3, -0.25) is 4.79 Å². The zero-order chi connectivity index (χ0) is 19.2. The Morgan fingerprint density at radius 1 is 1.11 bits per heavy atom. The molecule has 0 atom stereocenters. The van der Waals surface area contributed by atoms with Crippen molar-refractivity contribution in [2.75, 3.05) is 17.7 Å². The fourth-order valence-electron chi connectivity index (χ4n) is 2.48. The van der Waals surface area contributed by atoms with Crippen molar-refractivity contribution in [3.05, 3.63) is 77.4 Å². The van der Waals surface area contributed by atoms with E-state index in [1.54, 1.807) is 31.2 Å². The van der Waals surface area contributed by atoms with E-state index in [9.17, 15) is 9.59 Å². The molecule has 7 nitrogen and oxygen atoms in total. The number of hydrogen-bond donors (Lipinski definition) is 2. The van der Waals surface area contributed by atoms with E-state index in [1.165, 1.54) is 13.4 Å². The first-order valence-electron chi connectivity index (χ1n) is 8.30. The van der Waals surface area contributed by atoms with E-state index in [4.69, 9.17) is 9.15 Å². The quantitative estimate of drug-likeness (QED) is 0.648. The summed E-state index contributed by atoms with van der Waals surface area (Å²) in [6.07, 6.45) is 1.46. The lowest BCUT2D eigenvalue weighted by Gasteiger charge is -2.09. The molecule has 0 aliphatic carbocycles. The van der Waals surface area contributed by atoms with E-state index in [0.29, 0.717) is 29.3 Å². The number of amides is 1. The molecular formula is C20H19N3O4. The summed E-state index contributed by atoms with van der Waals surface area (Å²) in [6.45, 7) is 2.31. The lowest BCUT2D eigenvalue weighted by molar-refractivity contribution is 0.0599. The molecule has 138 valence electrons. The Morgan fingerprint density at radius 3 is 2.52 bits per heavy atom. The predicted molar refractivity (Wildman–Crippen MR) is 101 cm³/mol. The molecule has 7 heteroatoms. The minimum absolute atomic E-state index is 0.262. The Kier molecular flexibility index (Phi) is 5.51. The summed E-state index contributed by atoms with van der Waals surface area (Å²) >= 11 is 0. The number of methoxy groups -OCH3 is 1. The first-order valence-corrected chi connectivity index (χ1v) is 8.30. The van der Waals surface area contributed by atoms with Crippen LogP contribution in [0.4, 0.5) is 11.5 Å². The van der Waals surface area contributed by atoms with Gasteiger partial charge in [0.15, 0.2) is 5.76 Å². The molecule has 0 spiro atoms. The number of rotatable bonds is 6. The number of aromatic nitrogens is 1. The molecule has 1 amide bonds. The van der Waals surface area contributed by atoms with Crippen molar-refractivity contribution < 1.29 is 18.7 Å². The zero-order valence-corrected chi connectivity index (χ0v) is 15.0. The molecule has 0 saturated heterocycles. The number of hydrogen-bond acceptors (Lipinski definition) is 6. The van der Waals surface area contributed by atoms with Crippen LogP contribution >= 0.6 is 0 Å². The van der Waals surface area contributed by atoms with Crippen LogP contribution in [0.3, 0.4) is 0 Å². The van der Waals surface area contributed by atoms with E-state index in [1.807, 2.05) is 24.3 Å². The van der Waals surface area contributed by atoms with E-state index in [0.717, 1.165) is 5.56 Å². The van der Waals surface area contributed by atoms with Crippen molar-refractivity contribution in [2.24, 2.45) is 0 Å². The summed E-state index contributed by atoms with van der Waals surface area (Å²) in [6, 6.07) is 14.1. The molecule has 2 heterocycles. The van der Waals surface area contributed by atoms with Crippen molar-refractivity contribution in [1.82, 2.24) is 4.98 Å². The molecule has 1 aromatic carbocycles. The lowest BCUT2D eigenvalue weighted by atomic mass is 10.2. The first-order chi connectivity index (χ1) is 13.1. The zero-order valence-electron chi connectivity index (χ0n) is 15.0. The van der Waals surface area contributed by atoms with Gasteiger partial charge in [-0.15, -0.1) is 0 Å². The Labute approximate surface area is 156 Å². The highest BCUT2D eigenvalue weighted by Crippen LogP contribution is 2.15. The van der Waals surface area contributed by atoms with Crippen molar-refractivity contribution in [3.63, 3.8) is 0 Å². The minimum Gasteiger partial charge on any atom is -0.465 e. The second-order valence-corrected chi connectivity index (χ2v) is 5.80. The highest BCUT2D eigenvalue weighted by Gasteiger charge is 2.11. The van der Waals surface area contributed by atoms with Gasteiger partial charge in [0, 0.05) is 12.2 Å². The molecule has 2 N–H and O–H groups in total. The predicted octanol–water partition coefficient (Wildman–Crippen LogP) is 3.63. The molecule has 0 aliphatic heterocycles. The van der Waals surface area contributed by atoms with Gasteiger partial charge in [-0.2, -0.15) is 0 Å². The van der Waals surface area contributed by atoms with Crippen molar-refractivity contribution in [3.8, 4) is 0 Å². The number of nitrogens with zero attached hydrogens (tertiary/aromatic N) is 1. The lowest BCUT2D eigenvalue weighted by Crippen LogP contribution is -2.11. The van der Waals surface area contributed by atoms with Gasteiger partial charge in [0.25, 0.3) is 5.91 Å². The number of anilines is 2. The number of carbonyl (C=O) groups is 2. The fraction of sp³-hybridized carbons (Fsp3) is 0.150. The summed E-state index contributed by atoms with van der Waals surface area (Å²) in [5, 5.41) is 5.97. The van der Waals surface area contributed by atoms with E-state index in [-0.39, 0.29) is 11.7 Å². The molecule has 2 aromatic heterocycles. The summed E-state index contributed by atoms with van der Waals surface area (Å²) < 4.78 is 9.77. The minimum atomic E-state index is -0.404. The maximum Gasteiger partial charge on any atom is 0.339 e. The van der Waals surface area contributed by atoms with Crippen LogP contribution in [0.25, 0.3) is 0 Å². The third-order valence-corrected chi connectivity index (χ3v) is 3.92. The highest BCUT2D eigenvalue weighted by atomic mass is 16.5. The monoisotopic (exact) mass is 365 g/mol. The molecule has 27 heavy (non-hydrogen) atoms. The third kappa shape index (κ3) is 4.52. The number of furan rings is 1. The summed E-state index contributed by atoms with van der Waals surface area (Å²) in [5.74, 6) is 0.225. The Balaban J connectivity index is 1.58. The molecule has 3 rings (SSSR count). The van der Waals surface area contributed by atoms with Gasteiger partial charge in [0.1, 0.15) is 5.82 Å². The Morgan fingerprint density at radius 2 is 1.89 bits per heavy atom. The maximum atomic E-state index is 11.9. The first kappa shape index (κ1) is 18.2. The molecule has 0 saturated carbocycles. The van der Waals surface area contributed by atoms with Crippen LogP contribution in [0.15, 0.2) is 59.2 Å². The van der Waals surface area contributed by atoms with Crippen LogP contribution in [0, 0.1) is 6.92 Å². The molecule has 0 unspecified atom stereocenters. The molecule has 0 radical (unpaired) electrons. The average Bonchev–Trinajstić information content (AvgIpc) is 3.22. The number of ether oxygens (including phenoxy) is 1. The number of esters is 1. The highest BCUT2D eigenvalue weighted by molar-refractivity contribution is 6.02. The van der Waals surface area contributed by atoms with Crippen LogP contribution in [0.2, 0.25) is 0 Å². The van der Waals surface area contributed by atoms with Crippen molar-refractivity contribution >= 4 is 23.4 Å². The van der Waals surface area contributed by atoms with Crippen LogP contribution in [-0.2, 0) is 11.3 Å². The fourth-order valence-corrected chi connectivity index (χ4v) is 2.48. The molecule has 0 fully saturated rings. The third-order valence-electron chi connectivity index (χ3n) is 3.92. The van der Waals surface area contributed by atoms with Crippen LogP contribution in [0.1, 0.15) is 32.2 Å². The van der Waals surface area contributed by atoms with E-state index in [2.05, 4.69) is 15.6 Å². The Bertz CT molecular complexity index is 934. The number of pyridine rings is 1. The van der Waals surface area contributed by atoms with Gasteiger partial charge in [-0.1, -0.05) is 12.1 Å². The normalized spacial score (nSPS) is 10.3. The maximum absolute atomic E-state index is 11.9. The summed E-state index contributed by atoms with van der Waals surface area (Å²) in [5.41, 5.74) is 2.74. The van der Waals surface area contributed by atoms with Gasteiger partial charge in [-0.05, 0) is 48.9 Å². The van der Waals surface area contributed by atoms with Gasteiger partial charge >= 0.3 is 5.97 Å². The molecule has 0 bridgehead atoms. The second-order valence-electron chi connectivity index (χ2n) is 5.80. The molecular weight excluding hydrogens is 346 g/mol. The number of carbonyl (C=O) groups excluding carboxylic acids is 2. The van der Waals surface area contributed by atoms with Crippen LogP contribution in [-0.4, -0.2) is 24.0 Å². The second kappa shape index (κ2) is 8.18. The topological polar surface area (TPSA) is 93.5 Å². The summed E-state index contributed by atoms with van der Waals surface area (Å²) in [4.78, 5) is 27.9. The number of nitrogens with one attached hydrogen (secondary N) is 2. The Hall–Kier alpha value is -3.61. The molecule has 3 aromatic rings. The smallest absolute Gasteiger partial charge is 0.339 e. The molecule has 0 aliphatic rings. The number of benzene rings is 1. The van der Waals surface area contributed by atoms with Gasteiger partial charge in [0.05, 0.1) is 24.6 Å². The number of aryl methyl sites for hydroxylation is 1. The van der Waals surface area contributed by atoms with Gasteiger partial charge in [-0.25, -0.2) is 9.78 Å². The van der Waals surface area contributed by atoms with Gasteiger partial charge < -0.3 is 19.8 Å². The van der Waals surface area contributed by atoms with Gasteiger partial charge in [0.2, 0.25) is 0 Å². The van der Waals surface area contributed by atoms with Crippen LogP contribution in [0.5, 0.6) is 0 Å².